The maximum atomic E-state index is 14.2. The molecule has 0 aliphatic carbocycles. The van der Waals surface area contributed by atoms with Gasteiger partial charge in [0.1, 0.15) is 11.8 Å². The monoisotopic (exact) mass is 609 g/mol. The first kappa shape index (κ1) is 29.2. The van der Waals surface area contributed by atoms with Crippen molar-refractivity contribution in [1.82, 2.24) is 10.2 Å². The summed E-state index contributed by atoms with van der Waals surface area (Å²) in [7, 11) is 0. The predicted octanol–water partition coefficient (Wildman–Crippen LogP) is 3.81. The zero-order chi connectivity index (χ0) is 27.6. The SMILES string of the molecule is CCCCCNC(=O)C1N([C@@H](CO)C(C)C)C(=O)[C@@H]2[C@@H](C(=O)Nc3ccc(OCC)cc3)[C@@H]3SC12CC3Br. The molecule has 1 aromatic rings. The van der Waals surface area contributed by atoms with Gasteiger partial charge in [-0.15, -0.1) is 11.8 Å². The van der Waals surface area contributed by atoms with Gasteiger partial charge in [-0.3, -0.25) is 14.4 Å². The second-order valence-electron chi connectivity index (χ2n) is 10.8. The molecule has 3 fully saturated rings. The van der Waals surface area contributed by atoms with Crippen LogP contribution in [0.5, 0.6) is 5.75 Å². The summed E-state index contributed by atoms with van der Waals surface area (Å²) in [5.74, 6) is -1.15. The Bertz CT molecular complexity index is 1020. The van der Waals surface area contributed by atoms with Crippen molar-refractivity contribution in [3.05, 3.63) is 24.3 Å². The number of amides is 3. The highest BCUT2D eigenvalue weighted by Gasteiger charge is 2.76. The molecule has 3 heterocycles. The fourth-order valence-electron chi connectivity index (χ4n) is 6.35. The number of carbonyl (C=O) groups is 3. The molecule has 0 radical (unpaired) electrons. The highest BCUT2D eigenvalue weighted by Crippen LogP contribution is 2.68. The molecule has 0 aromatic heterocycles. The molecule has 7 atom stereocenters. The van der Waals surface area contributed by atoms with Gasteiger partial charge in [0.15, 0.2) is 0 Å². The van der Waals surface area contributed by atoms with Crippen LogP contribution in [0.25, 0.3) is 0 Å². The van der Waals surface area contributed by atoms with Gasteiger partial charge in [0.05, 0.1) is 35.8 Å². The van der Waals surface area contributed by atoms with Gasteiger partial charge in [0, 0.05) is 22.3 Å². The molecule has 10 heteroatoms. The fraction of sp³-hybridized carbons (Fsp3) is 0.679. The number of rotatable bonds is 12. The number of nitrogens with zero attached hydrogens (tertiary/aromatic N) is 1. The van der Waals surface area contributed by atoms with Crippen molar-refractivity contribution in [3.63, 3.8) is 0 Å². The Morgan fingerprint density at radius 1 is 1.21 bits per heavy atom. The van der Waals surface area contributed by atoms with E-state index in [4.69, 9.17) is 4.74 Å². The molecule has 2 bridgehead atoms. The van der Waals surface area contributed by atoms with Crippen molar-refractivity contribution in [2.45, 2.75) is 80.3 Å². The number of nitrogens with one attached hydrogen (secondary N) is 2. The van der Waals surface area contributed by atoms with Gasteiger partial charge in [-0.1, -0.05) is 49.5 Å². The summed E-state index contributed by atoms with van der Waals surface area (Å²) in [6.07, 6.45) is 3.55. The molecule has 38 heavy (non-hydrogen) atoms. The highest BCUT2D eigenvalue weighted by molar-refractivity contribution is 9.09. The molecule has 3 amide bonds. The Balaban J connectivity index is 1.65. The molecule has 1 aromatic carbocycles. The molecule has 1 spiro atoms. The van der Waals surface area contributed by atoms with Crippen molar-refractivity contribution in [3.8, 4) is 5.75 Å². The lowest BCUT2D eigenvalue weighted by atomic mass is 9.70. The standard InChI is InChI=1S/C28H40BrN3O5S/c1-5-7-8-13-30-26(35)24-28-14-19(29)23(38-28)21(22(28)27(36)32(24)20(15-33)16(3)4)25(34)31-17-9-11-18(12-10-17)37-6-2/h9-12,16,19-24,33H,5-8,13-15H2,1-4H3,(H,30,35)(H,31,34)/t19?,20-,21+,22-,23+,24?,28?/m0/s1. The molecule has 3 aliphatic heterocycles. The van der Waals surface area contributed by atoms with Gasteiger partial charge in [0.2, 0.25) is 17.7 Å². The first-order chi connectivity index (χ1) is 18.2. The van der Waals surface area contributed by atoms with E-state index in [0.29, 0.717) is 25.3 Å². The van der Waals surface area contributed by atoms with E-state index >= 15 is 0 Å². The molecule has 3 aliphatic rings. The van der Waals surface area contributed by atoms with Crippen molar-refractivity contribution >= 4 is 51.1 Å². The van der Waals surface area contributed by atoms with E-state index < -0.39 is 28.7 Å². The topological polar surface area (TPSA) is 108 Å². The van der Waals surface area contributed by atoms with Crippen LogP contribution in [0, 0.1) is 17.8 Å². The maximum Gasteiger partial charge on any atom is 0.244 e. The first-order valence-electron chi connectivity index (χ1n) is 13.8. The number of aliphatic hydroxyl groups is 1. The van der Waals surface area contributed by atoms with Crippen LogP contribution >= 0.6 is 27.7 Å². The molecule has 0 saturated carbocycles. The molecule has 210 valence electrons. The van der Waals surface area contributed by atoms with Gasteiger partial charge in [-0.05, 0) is 49.9 Å². The van der Waals surface area contributed by atoms with Crippen LogP contribution in [0.15, 0.2) is 24.3 Å². The van der Waals surface area contributed by atoms with Crippen molar-refractivity contribution in [2.75, 3.05) is 25.1 Å². The lowest BCUT2D eigenvalue weighted by Crippen LogP contribution is -2.58. The number of halogens is 1. The van der Waals surface area contributed by atoms with E-state index in [1.807, 2.05) is 20.8 Å². The number of aliphatic hydroxyl groups excluding tert-OH is 1. The minimum absolute atomic E-state index is 0.00500. The third kappa shape index (κ3) is 5.20. The Kier molecular flexibility index (Phi) is 9.35. The van der Waals surface area contributed by atoms with E-state index in [1.54, 1.807) is 40.9 Å². The third-order valence-corrected chi connectivity index (χ3v) is 11.3. The normalized spacial score (nSPS) is 30.4. The van der Waals surface area contributed by atoms with Crippen molar-refractivity contribution < 1.29 is 24.2 Å². The first-order valence-corrected chi connectivity index (χ1v) is 15.6. The number of hydrogen-bond acceptors (Lipinski definition) is 6. The molecule has 3 N–H and O–H groups in total. The summed E-state index contributed by atoms with van der Waals surface area (Å²) < 4.78 is 4.77. The van der Waals surface area contributed by atoms with Crippen molar-refractivity contribution in [2.24, 2.45) is 17.8 Å². The zero-order valence-corrected chi connectivity index (χ0v) is 25.0. The lowest BCUT2D eigenvalue weighted by Gasteiger charge is -2.38. The van der Waals surface area contributed by atoms with Crippen LogP contribution in [0.4, 0.5) is 5.69 Å². The number of thioether (sulfide) groups is 1. The summed E-state index contributed by atoms with van der Waals surface area (Å²) in [5.41, 5.74) is 0.634. The summed E-state index contributed by atoms with van der Waals surface area (Å²) in [6, 6.07) is 5.95. The van der Waals surface area contributed by atoms with Crippen LogP contribution in [0.2, 0.25) is 0 Å². The predicted molar refractivity (Wildman–Crippen MR) is 154 cm³/mol. The largest absolute Gasteiger partial charge is 0.494 e. The molecular weight excluding hydrogens is 570 g/mol. The number of alkyl halides is 1. The van der Waals surface area contributed by atoms with Crippen LogP contribution in [-0.2, 0) is 14.4 Å². The van der Waals surface area contributed by atoms with Gasteiger partial charge in [0.25, 0.3) is 0 Å². The number of carbonyl (C=O) groups excluding carboxylic acids is 3. The Hall–Kier alpha value is -1.78. The Labute approximate surface area is 238 Å². The second-order valence-corrected chi connectivity index (χ2v) is 13.6. The van der Waals surface area contributed by atoms with Crippen LogP contribution in [-0.4, -0.2) is 74.4 Å². The average molecular weight is 611 g/mol. The van der Waals surface area contributed by atoms with Crippen LogP contribution < -0.4 is 15.4 Å². The highest BCUT2D eigenvalue weighted by atomic mass is 79.9. The zero-order valence-electron chi connectivity index (χ0n) is 22.6. The van der Waals surface area contributed by atoms with Crippen LogP contribution in [0.1, 0.15) is 53.4 Å². The summed E-state index contributed by atoms with van der Waals surface area (Å²) in [6.45, 7) is 8.79. The molecule has 3 unspecified atom stereocenters. The van der Waals surface area contributed by atoms with Gasteiger partial charge < -0.3 is 25.4 Å². The molecule has 8 nitrogen and oxygen atoms in total. The number of fused-ring (bicyclic) bond motifs is 1. The van der Waals surface area contributed by atoms with E-state index in [9.17, 15) is 19.5 Å². The summed E-state index contributed by atoms with van der Waals surface area (Å²) in [4.78, 5) is 43.3. The second kappa shape index (κ2) is 12.2. The number of anilines is 1. The average Bonchev–Trinajstić information content (AvgIpc) is 3.47. The van der Waals surface area contributed by atoms with Gasteiger partial charge in [-0.2, -0.15) is 0 Å². The minimum atomic E-state index is -0.737. The molecule has 3 saturated heterocycles. The van der Waals surface area contributed by atoms with E-state index in [2.05, 4.69) is 33.5 Å². The molecular formula is C28H40BrN3O5S. The quantitative estimate of drug-likeness (QED) is 0.246. The van der Waals surface area contributed by atoms with E-state index in [1.165, 1.54) is 0 Å². The number of ether oxygens (including phenoxy) is 1. The van der Waals surface area contributed by atoms with Gasteiger partial charge >= 0.3 is 0 Å². The number of likely N-dealkylation sites (tertiary alicyclic amines) is 1. The van der Waals surface area contributed by atoms with Crippen molar-refractivity contribution in [1.29, 1.82) is 0 Å². The minimum Gasteiger partial charge on any atom is -0.494 e. The maximum absolute atomic E-state index is 14.2. The van der Waals surface area contributed by atoms with E-state index in [-0.39, 0.29) is 40.3 Å². The van der Waals surface area contributed by atoms with E-state index in [0.717, 1.165) is 25.0 Å². The molecule has 4 rings (SSSR count). The summed E-state index contributed by atoms with van der Waals surface area (Å²) >= 11 is 5.40. The van der Waals surface area contributed by atoms with Gasteiger partial charge in [-0.25, -0.2) is 0 Å². The lowest BCUT2D eigenvalue weighted by molar-refractivity contribution is -0.143. The Morgan fingerprint density at radius 3 is 2.53 bits per heavy atom. The van der Waals surface area contributed by atoms with Crippen LogP contribution in [0.3, 0.4) is 0 Å². The number of unbranched alkanes of at least 4 members (excludes halogenated alkanes) is 2. The Morgan fingerprint density at radius 2 is 1.92 bits per heavy atom. The number of hydrogen-bond donors (Lipinski definition) is 3. The fourth-order valence-corrected chi connectivity index (χ4v) is 9.95. The third-order valence-electron chi connectivity index (χ3n) is 8.10. The number of benzene rings is 1. The smallest absolute Gasteiger partial charge is 0.244 e. The summed E-state index contributed by atoms with van der Waals surface area (Å²) in [5, 5.41) is 16.3.